The number of fused-ring (bicyclic) bond motifs is 1. The number of aromatic nitrogens is 4. The summed E-state index contributed by atoms with van der Waals surface area (Å²) >= 11 is 12.3. The highest BCUT2D eigenvalue weighted by molar-refractivity contribution is 6.33. The Hall–Kier alpha value is -1.92. The summed E-state index contributed by atoms with van der Waals surface area (Å²) in [5.41, 5.74) is 1.49. The molecule has 0 amide bonds. The first kappa shape index (κ1) is 16.5. The summed E-state index contributed by atoms with van der Waals surface area (Å²) in [5, 5.41) is 4.76. The van der Waals surface area contributed by atoms with Gasteiger partial charge in [0.2, 0.25) is 5.28 Å². The Morgan fingerprint density at radius 2 is 1.92 bits per heavy atom. The fourth-order valence-corrected chi connectivity index (χ4v) is 3.64. The fraction of sp³-hybridized carbons (Fsp3) is 0.353. The first-order chi connectivity index (χ1) is 12.0. The maximum absolute atomic E-state index is 13.5. The van der Waals surface area contributed by atoms with Crippen molar-refractivity contribution < 1.29 is 4.39 Å². The van der Waals surface area contributed by atoms with Crippen molar-refractivity contribution in [3.63, 3.8) is 0 Å². The first-order valence-corrected chi connectivity index (χ1v) is 8.90. The van der Waals surface area contributed by atoms with Gasteiger partial charge in [-0.15, -0.1) is 5.10 Å². The van der Waals surface area contributed by atoms with Gasteiger partial charge in [0.15, 0.2) is 0 Å². The van der Waals surface area contributed by atoms with Crippen LogP contribution in [0, 0.1) is 11.7 Å². The van der Waals surface area contributed by atoms with Crippen molar-refractivity contribution in [3.8, 4) is 11.1 Å². The molecule has 0 unspecified atom stereocenters. The summed E-state index contributed by atoms with van der Waals surface area (Å²) in [6.07, 6.45) is 3.87. The van der Waals surface area contributed by atoms with Crippen LogP contribution in [0.2, 0.25) is 10.3 Å². The highest BCUT2D eigenvalue weighted by atomic mass is 35.5. The van der Waals surface area contributed by atoms with E-state index in [0.29, 0.717) is 22.3 Å². The van der Waals surface area contributed by atoms with Crippen LogP contribution in [-0.4, -0.2) is 32.7 Å². The minimum atomic E-state index is -0.375. The Morgan fingerprint density at radius 1 is 1.16 bits per heavy atom. The van der Waals surface area contributed by atoms with Gasteiger partial charge in [-0.25, -0.2) is 9.37 Å². The lowest BCUT2D eigenvalue weighted by Crippen LogP contribution is -2.34. The molecule has 1 aromatic carbocycles. The van der Waals surface area contributed by atoms with Crippen LogP contribution in [0.5, 0.6) is 0 Å². The summed E-state index contributed by atoms with van der Waals surface area (Å²) in [5.74, 6) is 1.58. The molecule has 3 aromatic rings. The van der Waals surface area contributed by atoms with Crippen LogP contribution in [0.25, 0.3) is 16.9 Å². The van der Waals surface area contributed by atoms with E-state index in [0.717, 1.165) is 37.3 Å². The van der Waals surface area contributed by atoms with Crippen LogP contribution < -0.4 is 4.90 Å². The van der Waals surface area contributed by atoms with E-state index in [1.807, 2.05) is 0 Å². The molecule has 0 aliphatic carbocycles. The lowest BCUT2D eigenvalue weighted by molar-refractivity contribution is 0.435. The molecule has 1 aliphatic heterocycles. The van der Waals surface area contributed by atoms with Gasteiger partial charge in [0.1, 0.15) is 11.6 Å². The van der Waals surface area contributed by atoms with Gasteiger partial charge in [0, 0.05) is 30.4 Å². The van der Waals surface area contributed by atoms with Gasteiger partial charge in [-0.3, -0.25) is 0 Å². The van der Waals surface area contributed by atoms with Crippen LogP contribution in [0.1, 0.15) is 19.8 Å². The molecule has 4 rings (SSSR count). The maximum Gasteiger partial charge on any atom is 0.255 e. The zero-order chi connectivity index (χ0) is 17.6. The molecule has 1 aliphatic rings. The molecule has 1 saturated heterocycles. The molecule has 2 aromatic heterocycles. The van der Waals surface area contributed by atoms with Gasteiger partial charge >= 0.3 is 0 Å². The Bertz CT molecular complexity index is 934. The lowest BCUT2D eigenvalue weighted by atomic mass is 9.98. The minimum absolute atomic E-state index is 0.140. The third-order valence-electron chi connectivity index (χ3n) is 4.62. The Morgan fingerprint density at radius 3 is 2.64 bits per heavy atom. The van der Waals surface area contributed by atoms with Crippen molar-refractivity contribution in [2.24, 2.45) is 5.92 Å². The van der Waals surface area contributed by atoms with Crippen LogP contribution >= 0.6 is 23.2 Å². The summed E-state index contributed by atoms with van der Waals surface area (Å²) in [6.45, 7) is 4.04. The van der Waals surface area contributed by atoms with Crippen molar-refractivity contribution in [2.75, 3.05) is 18.0 Å². The Balaban J connectivity index is 1.92. The molecule has 0 saturated carbocycles. The van der Waals surface area contributed by atoms with Crippen molar-refractivity contribution in [3.05, 3.63) is 40.5 Å². The van der Waals surface area contributed by atoms with E-state index in [4.69, 9.17) is 23.2 Å². The number of anilines is 1. The van der Waals surface area contributed by atoms with E-state index in [9.17, 15) is 4.39 Å². The van der Waals surface area contributed by atoms with Gasteiger partial charge in [0.05, 0.1) is 5.02 Å². The summed E-state index contributed by atoms with van der Waals surface area (Å²) < 4.78 is 15.1. The van der Waals surface area contributed by atoms with Crippen LogP contribution in [0.15, 0.2) is 24.4 Å². The molecule has 8 heteroatoms. The molecule has 25 heavy (non-hydrogen) atoms. The number of benzene rings is 1. The van der Waals surface area contributed by atoms with E-state index >= 15 is 0 Å². The average Bonchev–Trinajstić information content (AvgIpc) is 2.95. The van der Waals surface area contributed by atoms with Crippen LogP contribution in [-0.2, 0) is 0 Å². The molecule has 0 spiro atoms. The van der Waals surface area contributed by atoms with E-state index < -0.39 is 0 Å². The Kier molecular flexibility index (Phi) is 4.25. The maximum atomic E-state index is 13.5. The lowest BCUT2D eigenvalue weighted by Gasteiger charge is -2.33. The van der Waals surface area contributed by atoms with Crippen molar-refractivity contribution in [1.29, 1.82) is 0 Å². The molecule has 130 valence electrons. The monoisotopic (exact) mass is 379 g/mol. The van der Waals surface area contributed by atoms with Gasteiger partial charge in [-0.1, -0.05) is 18.5 Å². The predicted molar refractivity (Wildman–Crippen MR) is 96.8 cm³/mol. The summed E-state index contributed by atoms with van der Waals surface area (Å²) in [6, 6.07) is 4.36. The zero-order valence-electron chi connectivity index (χ0n) is 13.6. The van der Waals surface area contributed by atoms with Gasteiger partial charge in [-0.2, -0.15) is 9.50 Å². The first-order valence-electron chi connectivity index (χ1n) is 8.14. The number of rotatable bonds is 2. The number of halogens is 3. The predicted octanol–water partition coefficient (Wildman–Crippen LogP) is 4.47. The number of nitrogens with zero attached hydrogens (tertiary/aromatic N) is 5. The summed E-state index contributed by atoms with van der Waals surface area (Å²) in [7, 11) is 0. The quantitative estimate of drug-likeness (QED) is 0.658. The van der Waals surface area contributed by atoms with Gasteiger partial charge in [-0.05, 0) is 48.6 Å². The van der Waals surface area contributed by atoms with E-state index in [1.165, 1.54) is 12.1 Å². The molecule has 3 heterocycles. The average molecular weight is 380 g/mol. The second-order valence-corrected chi connectivity index (χ2v) is 7.13. The largest absolute Gasteiger partial charge is 0.356 e. The molecule has 0 atom stereocenters. The van der Waals surface area contributed by atoms with Crippen molar-refractivity contribution >= 4 is 34.8 Å². The highest BCUT2D eigenvalue weighted by Gasteiger charge is 2.24. The molecule has 0 bridgehead atoms. The standard InChI is InChI=1S/C17H16Cl2FN5/c1-10-4-6-24(7-5-10)15-13(12-3-2-11(20)8-14(12)18)9-21-17-22-16(19)23-25(15)17/h2-3,8-10H,4-7H2,1H3. The van der Waals surface area contributed by atoms with E-state index in [-0.39, 0.29) is 11.1 Å². The van der Waals surface area contributed by atoms with Gasteiger partial charge in [0.25, 0.3) is 5.78 Å². The molecule has 5 nitrogen and oxygen atoms in total. The topological polar surface area (TPSA) is 46.3 Å². The summed E-state index contributed by atoms with van der Waals surface area (Å²) in [4.78, 5) is 10.7. The smallest absolute Gasteiger partial charge is 0.255 e. The second-order valence-electron chi connectivity index (χ2n) is 6.38. The van der Waals surface area contributed by atoms with Crippen molar-refractivity contribution in [1.82, 2.24) is 19.6 Å². The highest BCUT2D eigenvalue weighted by Crippen LogP contribution is 2.37. The van der Waals surface area contributed by atoms with Crippen LogP contribution in [0.4, 0.5) is 10.2 Å². The normalized spacial score (nSPS) is 15.9. The number of hydrogen-bond acceptors (Lipinski definition) is 4. The molecule has 1 fully saturated rings. The molecule has 0 N–H and O–H groups in total. The van der Waals surface area contributed by atoms with Gasteiger partial charge < -0.3 is 4.90 Å². The number of piperidine rings is 1. The Labute approximate surface area is 154 Å². The molecule has 0 radical (unpaired) electrons. The van der Waals surface area contributed by atoms with Crippen molar-refractivity contribution in [2.45, 2.75) is 19.8 Å². The molecular weight excluding hydrogens is 364 g/mol. The third-order valence-corrected chi connectivity index (χ3v) is 5.09. The SMILES string of the molecule is CC1CCN(c2c(-c3ccc(F)cc3Cl)cnc3nc(Cl)nn23)CC1. The van der Waals surface area contributed by atoms with E-state index in [1.54, 1.807) is 16.8 Å². The minimum Gasteiger partial charge on any atom is -0.356 e. The zero-order valence-corrected chi connectivity index (χ0v) is 15.1. The third kappa shape index (κ3) is 3.04. The van der Waals surface area contributed by atoms with Crippen LogP contribution in [0.3, 0.4) is 0 Å². The number of hydrogen-bond donors (Lipinski definition) is 0. The fourth-order valence-electron chi connectivity index (χ4n) is 3.22. The molecular formula is C17H16Cl2FN5. The van der Waals surface area contributed by atoms with E-state index in [2.05, 4.69) is 26.9 Å². The second kappa shape index (κ2) is 6.42.